The fourth-order valence-corrected chi connectivity index (χ4v) is 2.73. The zero-order valence-corrected chi connectivity index (χ0v) is 14.5. The molecule has 5 nitrogen and oxygen atoms in total. The fourth-order valence-electron chi connectivity index (χ4n) is 2.11. The first kappa shape index (κ1) is 17.4. The quantitative estimate of drug-likeness (QED) is 0.755. The Morgan fingerprint density at radius 2 is 2.00 bits per heavy atom. The third kappa shape index (κ3) is 5.33. The summed E-state index contributed by atoms with van der Waals surface area (Å²) in [5.74, 6) is 0. The number of aromatic nitrogens is 1. The van der Waals surface area contributed by atoms with Crippen LogP contribution in [0.1, 0.15) is 25.3 Å². The van der Waals surface area contributed by atoms with Crippen molar-refractivity contribution in [1.29, 1.82) is 0 Å². The summed E-state index contributed by atoms with van der Waals surface area (Å²) in [6.07, 6.45) is 0.648. The van der Waals surface area contributed by atoms with Crippen molar-refractivity contribution in [2.45, 2.75) is 27.2 Å². The predicted molar refractivity (Wildman–Crippen MR) is 94.8 cm³/mol. The maximum absolute atomic E-state index is 11.9. The molecule has 3 N–H and O–H groups in total. The number of benzene rings is 1. The van der Waals surface area contributed by atoms with Crippen molar-refractivity contribution in [2.24, 2.45) is 5.41 Å². The van der Waals surface area contributed by atoms with Crippen LogP contribution in [0.2, 0.25) is 0 Å². The number of urea groups is 1. The van der Waals surface area contributed by atoms with Crippen molar-refractivity contribution in [3.05, 3.63) is 34.7 Å². The first-order valence-corrected chi connectivity index (χ1v) is 8.46. The van der Waals surface area contributed by atoms with Crippen LogP contribution in [-0.4, -0.2) is 29.3 Å². The molecule has 1 aromatic heterocycles. The van der Waals surface area contributed by atoms with E-state index in [0.717, 1.165) is 22.0 Å². The molecular formula is C17H23N3O2S. The summed E-state index contributed by atoms with van der Waals surface area (Å²) in [5.41, 5.74) is 2.59. The minimum atomic E-state index is -0.242. The van der Waals surface area contributed by atoms with E-state index in [4.69, 9.17) is 5.11 Å². The Balaban J connectivity index is 1.89. The highest BCUT2D eigenvalue weighted by Crippen LogP contribution is 2.23. The highest BCUT2D eigenvalue weighted by Gasteiger charge is 2.18. The van der Waals surface area contributed by atoms with E-state index >= 15 is 0 Å². The number of nitrogens with zero attached hydrogens (tertiary/aromatic N) is 1. The summed E-state index contributed by atoms with van der Waals surface area (Å²) < 4.78 is 0. The minimum absolute atomic E-state index is 0.119. The normalized spacial score (nSPS) is 11.3. The first-order chi connectivity index (χ1) is 10.9. The highest BCUT2D eigenvalue weighted by molar-refractivity contribution is 7.09. The van der Waals surface area contributed by atoms with Gasteiger partial charge >= 0.3 is 6.03 Å². The first-order valence-electron chi connectivity index (χ1n) is 7.58. The number of carbonyl (C=O) groups is 1. The summed E-state index contributed by atoms with van der Waals surface area (Å²) in [4.78, 5) is 16.4. The van der Waals surface area contributed by atoms with E-state index in [2.05, 4.69) is 15.6 Å². The van der Waals surface area contributed by atoms with Gasteiger partial charge in [-0.2, -0.15) is 0 Å². The topological polar surface area (TPSA) is 74.2 Å². The molecule has 1 heterocycles. The van der Waals surface area contributed by atoms with Crippen LogP contribution in [-0.2, 0) is 0 Å². The van der Waals surface area contributed by atoms with Crippen LogP contribution < -0.4 is 10.6 Å². The van der Waals surface area contributed by atoms with Crippen LogP contribution in [0.25, 0.3) is 11.3 Å². The molecule has 0 aliphatic heterocycles. The Hall–Kier alpha value is -1.92. The minimum Gasteiger partial charge on any atom is -0.396 e. The van der Waals surface area contributed by atoms with Gasteiger partial charge in [-0.05, 0) is 30.9 Å². The van der Waals surface area contributed by atoms with Gasteiger partial charge in [-0.15, -0.1) is 11.3 Å². The van der Waals surface area contributed by atoms with Gasteiger partial charge < -0.3 is 15.7 Å². The third-order valence-electron chi connectivity index (χ3n) is 3.57. The van der Waals surface area contributed by atoms with Gasteiger partial charge in [-0.1, -0.05) is 26.0 Å². The van der Waals surface area contributed by atoms with Gasteiger partial charge in [0.2, 0.25) is 0 Å². The average molecular weight is 333 g/mol. The van der Waals surface area contributed by atoms with E-state index < -0.39 is 0 Å². The lowest BCUT2D eigenvalue weighted by molar-refractivity contribution is 0.204. The second-order valence-corrected chi connectivity index (χ2v) is 7.34. The number of hydrogen-bond donors (Lipinski definition) is 3. The van der Waals surface area contributed by atoms with Crippen molar-refractivity contribution in [3.63, 3.8) is 0 Å². The van der Waals surface area contributed by atoms with Crippen LogP contribution in [0.3, 0.4) is 0 Å². The van der Waals surface area contributed by atoms with Gasteiger partial charge in [-0.25, -0.2) is 9.78 Å². The summed E-state index contributed by atoms with van der Waals surface area (Å²) >= 11 is 1.62. The standard InChI is InChI=1S/C17H23N3O2S/c1-12-19-15(10-23-12)13-4-6-14(7-5-13)20-16(22)18-11-17(2,3)8-9-21/h4-7,10,21H,8-9,11H2,1-3H3,(H2,18,20,22). The Kier molecular flexibility index (Phi) is 5.74. The molecule has 0 bridgehead atoms. The number of carbonyl (C=O) groups excluding carboxylic acids is 1. The lowest BCUT2D eigenvalue weighted by Crippen LogP contribution is -2.37. The summed E-state index contributed by atoms with van der Waals surface area (Å²) in [7, 11) is 0. The molecule has 0 saturated heterocycles. The molecule has 0 saturated carbocycles. The number of thiazole rings is 1. The smallest absolute Gasteiger partial charge is 0.319 e. The number of amides is 2. The highest BCUT2D eigenvalue weighted by atomic mass is 32.1. The molecule has 0 spiro atoms. The predicted octanol–water partition coefficient (Wildman–Crippen LogP) is 3.65. The van der Waals surface area contributed by atoms with Gasteiger partial charge in [-0.3, -0.25) is 0 Å². The molecule has 1 aromatic carbocycles. The van der Waals surface area contributed by atoms with Crippen LogP contribution >= 0.6 is 11.3 Å². The van der Waals surface area contributed by atoms with Crippen molar-refractivity contribution >= 4 is 23.1 Å². The molecule has 0 unspecified atom stereocenters. The maximum Gasteiger partial charge on any atom is 0.319 e. The van der Waals surface area contributed by atoms with Gasteiger partial charge in [0.15, 0.2) is 0 Å². The van der Waals surface area contributed by atoms with Crippen molar-refractivity contribution in [2.75, 3.05) is 18.5 Å². The summed E-state index contributed by atoms with van der Waals surface area (Å²) in [6.45, 7) is 6.62. The molecule has 0 aliphatic carbocycles. The zero-order valence-electron chi connectivity index (χ0n) is 13.7. The van der Waals surface area contributed by atoms with Gasteiger partial charge in [0.05, 0.1) is 10.7 Å². The molecule has 23 heavy (non-hydrogen) atoms. The van der Waals surface area contributed by atoms with Crippen molar-refractivity contribution in [1.82, 2.24) is 10.3 Å². The third-order valence-corrected chi connectivity index (χ3v) is 4.35. The summed E-state index contributed by atoms with van der Waals surface area (Å²) in [6, 6.07) is 7.37. The average Bonchev–Trinajstić information content (AvgIpc) is 2.93. The fraction of sp³-hybridized carbons (Fsp3) is 0.412. The summed E-state index contributed by atoms with van der Waals surface area (Å²) in [5, 5.41) is 17.7. The monoisotopic (exact) mass is 333 g/mol. The molecule has 124 valence electrons. The molecule has 6 heteroatoms. The molecule has 2 rings (SSSR count). The number of aliphatic hydroxyl groups excluding tert-OH is 1. The Morgan fingerprint density at radius 3 is 2.57 bits per heavy atom. The van der Waals surface area contributed by atoms with Crippen LogP contribution in [0, 0.1) is 12.3 Å². The SMILES string of the molecule is Cc1nc(-c2ccc(NC(=O)NCC(C)(C)CCO)cc2)cs1. The Bertz CT molecular complexity index is 650. The number of anilines is 1. The Labute approximate surface area is 140 Å². The number of hydrogen-bond acceptors (Lipinski definition) is 4. The van der Waals surface area contributed by atoms with Gasteiger partial charge in [0, 0.05) is 29.8 Å². The molecular weight excluding hydrogens is 310 g/mol. The second-order valence-electron chi connectivity index (χ2n) is 6.27. The van der Waals surface area contributed by atoms with E-state index in [9.17, 15) is 4.79 Å². The number of nitrogens with one attached hydrogen (secondary N) is 2. The van der Waals surface area contributed by atoms with Crippen LogP contribution in [0.5, 0.6) is 0 Å². The number of aryl methyl sites for hydroxylation is 1. The van der Waals surface area contributed by atoms with E-state index in [-0.39, 0.29) is 18.1 Å². The van der Waals surface area contributed by atoms with Crippen molar-refractivity contribution in [3.8, 4) is 11.3 Å². The zero-order chi connectivity index (χ0) is 16.9. The van der Waals surface area contributed by atoms with Gasteiger partial charge in [0.1, 0.15) is 0 Å². The van der Waals surface area contributed by atoms with Crippen molar-refractivity contribution < 1.29 is 9.90 Å². The van der Waals surface area contributed by atoms with Crippen LogP contribution in [0.15, 0.2) is 29.6 Å². The van der Waals surface area contributed by atoms with Gasteiger partial charge in [0.25, 0.3) is 0 Å². The Morgan fingerprint density at radius 1 is 1.30 bits per heavy atom. The lowest BCUT2D eigenvalue weighted by atomic mass is 9.90. The molecule has 2 aromatic rings. The van der Waals surface area contributed by atoms with E-state index in [1.165, 1.54) is 0 Å². The molecule has 0 aliphatic rings. The second kappa shape index (κ2) is 7.57. The maximum atomic E-state index is 11.9. The molecule has 0 fully saturated rings. The molecule has 2 amide bonds. The largest absolute Gasteiger partial charge is 0.396 e. The molecule has 0 radical (unpaired) electrons. The van der Waals surface area contributed by atoms with E-state index in [0.29, 0.717) is 13.0 Å². The number of aliphatic hydroxyl groups is 1. The van der Waals surface area contributed by atoms with E-state index in [1.807, 2.05) is 50.4 Å². The van der Waals surface area contributed by atoms with E-state index in [1.54, 1.807) is 11.3 Å². The lowest BCUT2D eigenvalue weighted by Gasteiger charge is -2.23. The molecule has 0 atom stereocenters. The number of rotatable bonds is 6. The van der Waals surface area contributed by atoms with Crippen LogP contribution in [0.4, 0.5) is 10.5 Å².